The van der Waals surface area contributed by atoms with Gasteiger partial charge in [-0.2, -0.15) is 0 Å². The maximum Gasteiger partial charge on any atom is 0.153 e. The molecule has 1 saturated carbocycles. The molecule has 0 aromatic heterocycles. The Hall–Kier alpha value is -0.130. The van der Waals surface area contributed by atoms with Gasteiger partial charge in [0.1, 0.15) is 0 Å². The molecule has 0 aromatic carbocycles. The maximum atomic E-state index is 11.7. The first kappa shape index (κ1) is 14.3. The third kappa shape index (κ3) is 2.58. The van der Waals surface area contributed by atoms with Crippen molar-refractivity contribution in [1.82, 2.24) is 0 Å². The monoisotopic (exact) mass is 275 g/mol. The van der Waals surface area contributed by atoms with Crippen LogP contribution in [0.5, 0.6) is 0 Å². The zero-order chi connectivity index (χ0) is 13.3. The minimum atomic E-state index is -3.08. The lowest BCUT2D eigenvalue weighted by Crippen LogP contribution is -2.53. The van der Waals surface area contributed by atoms with Crippen molar-refractivity contribution in [3.05, 3.63) is 0 Å². The first-order valence-corrected chi connectivity index (χ1v) is 8.88. The van der Waals surface area contributed by atoms with Gasteiger partial charge in [-0.25, -0.2) is 8.42 Å². The smallest absolute Gasteiger partial charge is 0.153 e. The van der Waals surface area contributed by atoms with E-state index in [0.717, 1.165) is 25.7 Å². The second-order valence-electron chi connectivity index (χ2n) is 6.13. The Bertz CT molecular complexity index is 385. The average Bonchev–Trinajstić information content (AvgIpc) is 2.55. The van der Waals surface area contributed by atoms with Crippen molar-refractivity contribution in [2.75, 3.05) is 18.1 Å². The summed E-state index contributed by atoms with van der Waals surface area (Å²) in [6.45, 7) is 0.402. The first-order chi connectivity index (χ1) is 8.43. The number of hydrogen-bond donors (Lipinski definition) is 2. The van der Waals surface area contributed by atoms with Crippen molar-refractivity contribution in [3.63, 3.8) is 0 Å². The summed E-state index contributed by atoms with van der Waals surface area (Å²) >= 11 is 0. The van der Waals surface area contributed by atoms with E-state index in [0.29, 0.717) is 13.0 Å². The number of rotatable bonds is 2. The van der Waals surface area contributed by atoms with Gasteiger partial charge in [0.15, 0.2) is 9.84 Å². The molecule has 2 aliphatic rings. The van der Waals surface area contributed by atoms with E-state index >= 15 is 0 Å². The molecule has 1 heterocycles. The van der Waals surface area contributed by atoms with Gasteiger partial charge in [-0.1, -0.05) is 32.1 Å². The van der Waals surface area contributed by atoms with Gasteiger partial charge in [0, 0.05) is 12.0 Å². The molecular formula is C13H25NO3S. The molecule has 4 nitrogen and oxygen atoms in total. The Morgan fingerprint density at radius 3 is 2.00 bits per heavy atom. The summed E-state index contributed by atoms with van der Waals surface area (Å²) in [5.41, 5.74) is 4.49. The van der Waals surface area contributed by atoms with Crippen LogP contribution >= 0.6 is 0 Å². The number of nitrogens with two attached hydrogens (primary N) is 1. The fraction of sp³-hybridized carbons (Fsp3) is 1.00. The molecule has 106 valence electrons. The van der Waals surface area contributed by atoms with Crippen LogP contribution in [0, 0.1) is 5.41 Å². The van der Waals surface area contributed by atoms with E-state index in [1.165, 1.54) is 19.3 Å². The molecule has 18 heavy (non-hydrogen) atoms. The Balaban J connectivity index is 2.24. The Morgan fingerprint density at radius 2 is 1.56 bits per heavy atom. The van der Waals surface area contributed by atoms with Crippen LogP contribution in [-0.2, 0) is 9.84 Å². The van der Waals surface area contributed by atoms with Crippen LogP contribution in [0.2, 0.25) is 0 Å². The van der Waals surface area contributed by atoms with E-state index in [4.69, 9.17) is 5.73 Å². The van der Waals surface area contributed by atoms with Gasteiger partial charge in [-0.05, 0) is 19.3 Å². The summed E-state index contributed by atoms with van der Waals surface area (Å²) in [5.74, 6) is 0.0302. The van der Waals surface area contributed by atoms with Gasteiger partial charge < -0.3 is 10.8 Å². The van der Waals surface area contributed by atoms with Crippen molar-refractivity contribution in [2.24, 2.45) is 11.1 Å². The molecule has 0 amide bonds. The third-order valence-corrected chi connectivity index (χ3v) is 6.72. The summed E-state index contributed by atoms with van der Waals surface area (Å²) in [7, 11) is -3.08. The minimum Gasteiger partial charge on any atom is -0.388 e. The summed E-state index contributed by atoms with van der Waals surface area (Å²) in [4.78, 5) is 0. The highest BCUT2D eigenvalue weighted by Crippen LogP contribution is 2.47. The lowest BCUT2D eigenvalue weighted by Gasteiger charge is -2.45. The summed E-state index contributed by atoms with van der Waals surface area (Å²) in [6, 6.07) is 0. The second kappa shape index (κ2) is 5.10. The highest BCUT2D eigenvalue weighted by molar-refractivity contribution is 7.91. The predicted molar refractivity (Wildman–Crippen MR) is 72.0 cm³/mol. The fourth-order valence-corrected chi connectivity index (χ4v) is 5.66. The SMILES string of the molecule is NCC1(C2(O)CCS(=O)(=O)C2)CCCCCCC1. The van der Waals surface area contributed by atoms with E-state index in [1.807, 2.05) is 0 Å². The molecule has 1 unspecified atom stereocenters. The molecule has 1 atom stereocenters. The molecule has 1 aliphatic carbocycles. The molecule has 1 saturated heterocycles. The lowest BCUT2D eigenvalue weighted by molar-refractivity contribution is -0.0738. The van der Waals surface area contributed by atoms with Crippen LogP contribution in [0.15, 0.2) is 0 Å². The zero-order valence-corrected chi connectivity index (χ0v) is 11.8. The van der Waals surface area contributed by atoms with E-state index in [1.54, 1.807) is 0 Å². The second-order valence-corrected chi connectivity index (χ2v) is 8.31. The summed E-state index contributed by atoms with van der Waals surface area (Å²) in [6.07, 6.45) is 7.81. The van der Waals surface area contributed by atoms with Crippen molar-refractivity contribution < 1.29 is 13.5 Å². The van der Waals surface area contributed by atoms with Crippen LogP contribution in [-0.4, -0.2) is 37.2 Å². The van der Waals surface area contributed by atoms with Crippen LogP contribution in [0.3, 0.4) is 0 Å². The van der Waals surface area contributed by atoms with Gasteiger partial charge >= 0.3 is 0 Å². The molecule has 0 spiro atoms. The summed E-state index contributed by atoms with van der Waals surface area (Å²) < 4.78 is 23.4. The summed E-state index contributed by atoms with van der Waals surface area (Å²) in [5, 5.41) is 10.9. The van der Waals surface area contributed by atoms with E-state index in [2.05, 4.69) is 0 Å². The fourth-order valence-electron chi connectivity index (χ4n) is 3.69. The van der Waals surface area contributed by atoms with Gasteiger partial charge in [0.25, 0.3) is 0 Å². The van der Waals surface area contributed by atoms with E-state index < -0.39 is 15.4 Å². The predicted octanol–water partition coefficient (Wildman–Crippen LogP) is 1.23. The lowest BCUT2D eigenvalue weighted by atomic mass is 9.64. The van der Waals surface area contributed by atoms with Crippen LogP contribution in [0.1, 0.15) is 51.4 Å². The molecule has 1 aliphatic heterocycles. The molecule has 5 heteroatoms. The zero-order valence-electron chi connectivity index (χ0n) is 11.0. The number of sulfone groups is 1. The molecule has 0 radical (unpaired) electrons. The normalized spacial score (nSPS) is 35.9. The van der Waals surface area contributed by atoms with Crippen LogP contribution in [0.25, 0.3) is 0 Å². The Labute approximate surface area is 110 Å². The van der Waals surface area contributed by atoms with Crippen molar-refractivity contribution >= 4 is 9.84 Å². The standard InChI is InChI=1S/C13H25NO3S/c14-10-12(6-4-2-1-3-5-7-12)13(15)8-9-18(16,17)11-13/h15H,1-11,14H2. The van der Waals surface area contributed by atoms with Crippen LogP contribution < -0.4 is 5.73 Å². The van der Waals surface area contributed by atoms with Crippen molar-refractivity contribution in [3.8, 4) is 0 Å². The van der Waals surface area contributed by atoms with Gasteiger partial charge in [0.2, 0.25) is 0 Å². The first-order valence-electron chi connectivity index (χ1n) is 7.06. The number of hydrogen-bond acceptors (Lipinski definition) is 4. The minimum absolute atomic E-state index is 0.0861. The number of aliphatic hydroxyl groups is 1. The largest absolute Gasteiger partial charge is 0.388 e. The maximum absolute atomic E-state index is 11.7. The van der Waals surface area contributed by atoms with Gasteiger partial charge in [0.05, 0.1) is 17.1 Å². The van der Waals surface area contributed by atoms with Crippen molar-refractivity contribution in [1.29, 1.82) is 0 Å². The Morgan fingerprint density at radius 1 is 1.00 bits per heavy atom. The molecule has 0 aromatic rings. The average molecular weight is 275 g/mol. The van der Waals surface area contributed by atoms with Gasteiger partial charge in [-0.3, -0.25) is 0 Å². The molecular weight excluding hydrogens is 250 g/mol. The highest BCUT2D eigenvalue weighted by Gasteiger charge is 2.54. The van der Waals surface area contributed by atoms with E-state index in [9.17, 15) is 13.5 Å². The molecule has 2 rings (SSSR count). The van der Waals surface area contributed by atoms with E-state index in [-0.39, 0.29) is 16.9 Å². The highest BCUT2D eigenvalue weighted by atomic mass is 32.2. The van der Waals surface area contributed by atoms with Gasteiger partial charge in [-0.15, -0.1) is 0 Å². The molecule has 3 N–H and O–H groups in total. The topological polar surface area (TPSA) is 80.4 Å². The third-order valence-electron chi connectivity index (χ3n) is 4.97. The van der Waals surface area contributed by atoms with Crippen molar-refractivity contribution in [2.45, 2.75) is 57.0 Å². The quantitative estimate of drug-likeness (QED) is 0.794. The molecule has 0 bridgehead atoms. The molecule has 2 fully saturated rings. The van der Waals surface area contributed by atoms with Crippen LogP contribution in [0.4, 0.5) is 0 Å². The Kier molecular flexibility index (Phi) is 4.04.